The van der Waals surface area contributed by atoms with Gasteiger partial charge in [-0.2, -0.15) is 13.2 Å². The first-order valence-corrected chi connectivity index (χ1v) is 10.4. The summed E-state index contributed by atoms with van der Waals surface area (Å²) in [7, 11) is 0. The summed E-state index contributed by atoms with van der Waals surface area (Å²) in [5, 5.41) is 2.89. The fraction of sp³-hybridized carbons (Fsp3) is 0.240. The van der Waals surface area contributed by atoms with Crippen LogP contribution in [0.5, 0.6) is 5.75 Å². The van der Waals surface area contributed by atoms with Gasteiger partial charge in [0, 0.05) is 25.2 Å². The van der Waals surface area contributed by atoms with E-state index in [2.05, 4.69) is 10.2 Å². The summed E-state index contributed by atoms with van der Waals surface area (Å²) in [6.45, 7) is 1.71. The standard InChI is InChI=1S/C25H23F3N2O2/c26-25(27,28)20-12-10-18(11-13-20)16-29-24(31)23-21-8-4-5-9-22(21)32-15-14-30(23)17-19-6-2-1-3-7-19/h1-13,23H,14-17H2,(H,29,31). The molecule has 1 atom stereocenters. The predicted octanol–water partition coefficient (Wildman–Crippen LogP) is 4.96. The molecule has 1 N–H and O–H groups in total. The average Bonchev–Trinajstić information content (AvgIpc) is 2.97. The number of halogens is 3. The third kappa shape index (κ3) is 5.11. The zero-order chi connectivity index (χ0) is 22.6. The number of para-hydroxylation sites is 1. The maximum absolute atomic E-state index is 13.3. The quantitative estimate of drug-likeness (QED) is 0.610. The molecule has 0 radical (unpaired) electrons. The normalized spacial score (nSPS) is 16.5. The molecule has 0 bridgehead atoms. The molecule has 1 heterocycles. The Kier molecular flexibility index (Phi) is 6.46. The van der Waals surface area contributed by atoms with Crippen molar-refractivity contribution in [3.63, 3.8) is 0 Å². The summed E-state index contributed by atoms with van der Waals surface area (Å²) < 4.78 is 44.2. The molecular formula is C25H23F3N2O2. The van der Waals surface area contributed by atoms with Crippen molar-refractivity contribution in [1.82, 2.24) is 10.2 Å². The van der Waals surface area contributed by atoms with Crippen LogP contribution < -0.4 is 10.1 Å². The summed E-state index contributed by atoms with van der Waals surface area (Å²) in [6.07, 6.45) is -4.39. The Bertz CT molecular complexity index is 1050. The highest BCUT2D eigenvalue weighted by atomic mass is 19.4. The minimum atomic E-state index is -4.39. The molecule has 7 heteroatoms. The summed E-state index contributed by atoms with van der Waals surface area (Å²) >= 11 is 0. The van der Waals surface area contributed by atoms with Gasteiger partial charge in [0.25, 0.3) is 0 Å². The molecule has 0 saturated heterocycles. The van der Waals surface area contributed by atoms with Crippen LogP contribution in [-0.2, 0) is 24.1 Å². The van der Waals surface area contributed by atoms with E-state index >= 15 is 0 Å². The van der Waals surface area contributed by atoms with E-state index in [1.807, 2.05) is 54.6 Å². The molecule has 1 amide bonds. The van der Waals surface area contributed by atoms with E-state index in [1.165, 1.54) is 12.1 Å². The van der Waals surface area contributed by atoms with Gasteiger partial charge < -0.3 is 10.1 Å². The van der Waals surface area contributed by atoms with Gasteiger partial charge in [0.2, 0.25) is 5.91 Å². The number of benzene rings is 3. The lowest BCUT2D eigenvalue weighted by Crippen LogP contribution is -2.40. The molecule has 32 heavy (non-hydrogen) atoms. The van der Waals surface area contributed by atoms with E-state index in [0.29, 0.717) is 31.0 Å². The van der Waals surface area contributed by atoms with Crippen LogP contribution in [0.2, 0.25) is 0 Å². The molecular weight excluding hydrogens is 417 g/mol. The van der Waals surface area contributed by atoms with E-state index in [1.54, 1.807) is 0 Å². The highest BCUT2D eigenvalue weighted by Crippen LogP contribution is 2.33. The molecule has 1 aliphatic rings. The van der Waals surface area contributed by atoms with Gasteiger partial charge >= 0.3 is 6.18 Å². The molecule has 4 rings (SSSR count). The number of amides is 1. The number of alkyl halides is 3. The predicted molar refractivity (Wildman–Crippen MR) is 115 cm³/mol. The van der Waals surface area contributed by atoms with Gasteiger partial charge in [-0.05, 0) is 29.3 Å². The smallest absolute Gasteiger partial charge is 0.416 e. The molecule has 0 saturated carbocycles. The summed E-state index contributed by atoms with van der Waals surface area (Å²) in [6, 6.07) is 21.6. The second-order valence-electron chi connectivity index (χ2n) is 7.66. The Labute approximate surface area is 184 Å². The lowest BCUT2D eigenvalue weighted by atomic mass is 10.0. The van der Waals surface area contributed by atoms with Crippen molar-refractivity contribution in [3.05, 3.63) is 101 Å². The fourth-order valence-electron chi connectivity index (χ4n) is 3.83. The Morgan fingerprint density at radius 3 is 2.34 bits per heavy atom. The molecule has 0 aliphatic carbocycles. The molecule has 166 valence electrons. The van der Waals surface area contributed by atoms with Gasteiger partial charge in [0.05, 0.1) is 5.56 Å². The van der Waals surface area contributed by atoms with Crippen molar-refractivity contribution in [3.8, 4) is 5.75 Å². The number of carbonyl (C=O) groups is 1. The number of nitrogens with zero attached hydrogens (tertiary/aromatic N) is 1. The second-order valence-corrected chi connectivity index (χ2v) is 7.66. The Balaban J connectivity index is 1.54. The first kappa shape index (κ1) is 21.9. The highest BCUT2D eigenvalue weighted by molar-refractivity contribution is 5.84. The Morgan fingerprint density at radius 1 is 0.938 bits per heavy atom. The monoisotopic (exact) mass is 440 g/mol. The van der Waals surface area contributed by atoms with Crippen molar-refractivity contribution in [1.29, 1.82) is 0 Å². The van der Waals surface area contributed by atoms with E-state index in [-0.39, 0.29) is 12.5 Å². The van der Waals surface area contributed by atoms with Gasteiger partial charge in [-0.25, -0.2) is 0 Å². The van der Waals surface area contributed by atoms with Gasteiger partial charge in [-0.15, -0.1) is 0 Å². The van der Waals surface area contributed by atoms with Crippen LogP contribution in [0, 0.1) is 0 Å². The van der Waals surface area contributed by atoms with Gasteiger partial charge in [0.15, 0.2) is 0 Å². The van der Waals surface area contributed by atoms with Gasteiger partial charge in [-0.3, -0.25) is 9.69 Å². The number of hydrogen-bond acceptors (Lipinski definition) is 3. The maximum Gasteiger partial charge on any atom is 0.416 e. The van der Waals surface area contributed by atoms with Crippen LogP contribution in [0.15, 0.2) is 78.9 Å². The maximum atomic E-state index is 13.3. The van der Waals surface area contributed by atoms with Crippen molar-refractivity contribution >= 4 is 5.91 Å². The number of nitrogens with one attached hydrogen (secondary N) is 1. The molecule has 0 aromatic heterocycles. The van der Waals surface area contributed by atoms with Gasteiger partial charge in [0.1, 0.15) is 18.4 Å². The number of ether oxygens (including phenoxy) is 1. The Hall–Kier alpha value is -3.32. The van der Waals surface area contributed by atoms with Gasteiger partial charge in [-0.1, -0.05) is 60.7 Å². The van der Waals surface area contributed by atoms with E-state index in [0.717, 1.165) is 23.3 Å². The van der Waals surface area contributed by atoms with Crippen molar-refractivity contribution in [2.75, 3.05) is 13.2 Å². The van der Waals surface area contributed by atoms with Crippen molar-refractivity contribution in [2.24, 2.45) is 0 Å². The SMILES string of the molecule is O=C(NCc1ccc(C(F)(F)F)cc1)C1c2ccccc2OCCN1Cc1ccccc1. The van der Waals surface area contributed by atoms with Crippen molar-refractivity contribution < 1.29 is 22.7 Å². The first-order chi connectivity index (χ1) is 15.4. The topological polar surface area (TPSA) is 41.6 Å². The Morgan fingerprint density at radius 2 is 1.62 bits per heavy atom. The fourth-order valence-corrected chi connectivity index (χ4v) is 3.83. The summed E-state index contributed by atoms with van der Waals surface area (Å²) in [5.74, 6) is 0.441. The zero-order valence-corrected chi connectivity index (χ0v) is 17.3. The third-order valence-electron chi connectivity index (χ3n) is 5.44. The van der Waals surface area contributed by atoms with Crippen molar-refractivity contribution in [2.45, 2.75) is 25.3 Å². The van der Waals surface area contributed by atoms with E-state index in [9.17, 15) is 18.0 Å². The molecule has 3 aromatic carbocycles. The zero-order valence-electron chi connectivity index (χ0n) is 17.3. The molecule has 0 fully saturated rings. The van der Waals surface area contributed by atoms with E-state index < -0.39 is 17.8 Å². The molecule has 0 spiro atoms. The molecule has 4 nitrogen and oxygen atoms in total. The number of rotatable bonds is 5. The third-order valence-corrected chi connectivity index (χ3v) is 5.44. The van der Waals surface area contributed by atoms with Crippen LogP contribution in [0.4, 0.5) is 13.2 Å². The minimum absolute atomic E-state index is 0.135. The first-order valence-electron chi connectivity index (χ1n) is 10.4. The van der Waals surface area contributed by atoms with E-state index in [4.69, 9.17) is 4.74 Å². The largest absolute Gasteiger partial charge is 0.492 e. The van der Waals surface area contributed by atoms with Crippen LogP contribution in [0.1, 0.15) is 28.3 Å². The number of carbonyl (C=O) groups excluding carboxylic acids is 1. The molecule has 1 aliphatic heterocycles. The number of hydrogen-bond donors (Lipinski definition) is 1. The second kappa shape index (κ2) is 9.44. The lowest BCUT2D eigenvalue weighted by Gasteiger charge is -2.29. The lowest BCUT2D eigenvalue weighted by molar-refractivity contribution is -0.137. The number of fused-ring (bicyclic) bond motifs is 1. The minimum Gasteiger partial charge on any atom is -0.492 e. The molecule has 1 unspecified atom stereocenters. The summed E-state index contributed by atoms with van der Waals surface area (Å²) in [5.41, 5.74) is 1.73. The average molecular weight is 440 g/mol. The van der Waals surface area contributed by atoms with Crippen LogP contribution >= 0.6 is 0 Å². The highest BCUT2D eigenvalue weighted by Gasteiger charge is 2.33. The van der Waals surface area contributed by atoms with Crippen LogP contribution in [0.25, 0.3) is 0 Å². The van der Waals surface area contributed by atoms with Crippen LogP contribution in [0.3, 0.4) is 0 Å². The summed E-state index contributed by atoms with van der Waals surface area (Å²) in [4.78, 5) is 15.4. The molecule has 3 aromatic rings. The van der Waals surface area contributed by atoms with Crippen LogP contribution in [-0.4, -0.2) is 24.0 Å².